The molecule has 1 saturated heterocycles. The maximum atomic E-state index is 12.7. The van der Waals surface area contributed by atoms with Crippen LogP contribution in [-0.4, -0.2) is 36.7 Å². The molecular formula is C13H15F3N2OS. The molecule has 3 nitrogen and oxygen atoms in total. The highest BCUT2D eigenvalue weighted by Gasteiger charge is 2.35. The number of carbonyl (C=O) groups excluding carboxylic acids is 1. The molecule has 0 radical (unpaired) electrons. The Morgan fingerprint density at radius 1 is 1.45 bits per heavy atom. The van der Waals surface area contributed by atoms with E-state index in [4.69, 9.17) is 0 Å². The number of halogens is 3. The molecule has 0 aromatic heterocycles. The van der Waals surface area contributed by atoms with E-state index in [0.717, 1.165) is 12.1 Å². The van der Waals surface area contributed by atoms with Crippen LogP contribution in [0.2, 0.25) is 0 Å². The van der Waals surface area contributed by atoms with Gasteiger partial charge in [-0.3, -0.25) is 4.79 Å². The van der Waals surface area contributed by atoms with E-state index in [-0.39, 0.29) is 11.3 Å². The van der Waals surface area contributed by atoms with Crippen LogP contribution in [0.1, 0.15) is 16.5 Å². The van der Waals surface area contributed by atoms with Crippen LogP contribution in [0.15, 0.2) is 24.3 Å². The van der Waals surface area contributed by atoms with Gasteiger partial charge in [-0.25, -0.2) is 0 Å². The van der Waals surface area contributed by atoms with Crippen molar-refractivity contribution in [1.82, 2.24) is 10.2 Å². The van der Waals surface area contributed by atoms with Crippen molar-refractivity contribution in [3.05, 3.63) is 35.4 Å². The number of benzene rings is 1. The molecule has 1 N–H and O–H groups in total. The first kappa shape index (κ1) is 15.2. The first-order chi connectivity index (χ1) is 9.43. The SMILES string of the molecule is CNCCN1C(=O)CSC1c1cccc(C(F)(F)F)c1. The molecule has 2 rings (SSSR count). The average Bonchev–Trinajstić information content (AvgIpc) is 2.77. The predicted molar refractivity (Wildman–Crippen MR) is 72.3 cm³/mol. The third kappa shape index (κ3) is 3.27. The van der Waals surface area contributed by atoms with Crippen molar-refractivity contribution in [2.75, 3.05) is 25.9 Å². The van der Waals surface area contributed by atoms with Crippen LogP contribution in [0.4, 0.5) is 13.2 Å². The molecule has 1 aromatic rings. The Hall–Kier alpha value is -1.21. The fourth-order valence-electron chi connectivity index (χ4n) is 2.07. The summed E-state index contributed by atoms with van der Waals surface area (Å²) in [5.41, 5.74) is -0.157. The van der Waals surface area contributed by atoms with E-state index in [9.17, 15) is 18.0 Å². The maximum Gasteiger partial charge on any atom is 0.416 e. The Bertz CT molecular complexity index is 493. The van der Waals surface area contributed by atoms with Gasteiger partial charge in [-0.1, -0.05) is 12.1 Å². The lowest BCUT2D eigenvalue weighted by Crippen LogP contribution is -2.34. The molecule has 1 fully saturated rings. The molecule has 1 amide bonds. The highest BCUT2D eigenvalue weighted by Crippen LogP contribution is 2.40. The van der Waals surface area contributed by atoms with Gasteiger partial charge in [-0.15, -0.1) is 11.8 Å². The van der Waals surface area contributed by atoms with Crippen LogP contribution in [0.3, 0.4) is 0 Å². The van der Waals surface area contributed by atoms with Crippen LogP contribution in [0, 0.1) is 0 Å². The summed E-state index contributed by atoms with van der Waals surface area (Å²) in [7, 11) is 1.77. The molecule has 20 heavy (non-hydrogen) atoms. The van der Waals surface area contributed by atoms with E-state index in [2.05, 4.69) is 5.32 Å². The molecule has 1 unspecified atom stereocenters. The highest BCUT2D eigenvalue weighted by atomic mass is 32.2. The zero-order valence-corrected chi connectivity index (χ0v) is 11.7. The first-order valence-electron chi connectivity index (χ1n) is 6.16. The molecule has 1 aliphatic heterocycles. The number of hydrogen-bond acceptors (Lipinski definition) is 3. The first-order valence-corrected chi connectivity index (χ1v) is 7.21. The van der Waals surface area contributed by atoms with Crippen LogP contribution in [0.25, 0.3) is 0 Å². The van der Waals surface area contributed by atoms with Gasteiger partial charge in [0.05, 0.1) is 11.3 Å². The molecular weight excluding hydrogens is 289 g/mol. The number of hydrogen-bond donors (Lipinski definition) is 1. The molecule has 0 spiro atoms. The van der Waals surface area contributed by atoms with Gasteiger partial charge in [0.15, 0.2) is 0 Å². The second-order valence-electron chi connectivity index (χ2n) is 4.48. The van der Waals surface area contributed by atoms with Gasteiger partial charge in [0, 0.05) is 13.1 Å². The van der Waals surface area contributed by atoms with Crippen molar-refractivity contribution in [1.29, 1.82) is 0 Å². The van der Waals surface area contributed by atoms with Gasteiger partial charge in [0.25, 0.3) is 0 Å². The maximum absolute atomic E-state index is 12.7. The van der Waals surface area contributed by atoms with Gasteiger partial charge < -0.3 is 10.2 Å². The number of carbonyl (C=O) groups is 1. The number of amides is 1. The zero-order chi connectivity index (χ0) is 14.8. The van der Waals surface area contributed by atoms with E-state index < -0.39 is 11.7 Å². The lowest BCUT2D eigenvalue weighted by Gasteiger charge is -2.24. The van der Waals surface area contributed by atoms with E-state index in [1.165, 1.54) is 17.8 Å². The minimum absolute atomic E-state index is 0.0346. The van der Waals surface area contributed by atoms with Crippen molar-refractivity contribution in [2.45, 2.75) is 11.6 Å². The smallest absolute Gasteiger partial charge is 0.325 e. The summed E-state index contributed by atoms with van der Waals surface area (Å²) in [6, 6.07) is 5.20. The van der Waals surface area contributed by atoms with Crippen molar-refractivity contribution in [2.24, 2.45) is 0 Å². The number of thioether (sulfide) groups is 1. The molecule has 110 valence electrons. The van der Waals surface area contributed by atoms with Crippen molar-refractivity contribution in [3.8, 4) is 0 Å². The second-order valence-corrected chi connectivity index (χ2v) is 5.55. The van der Waals surface area contributed by atoms with E-state index in [0.29, 0.717) is 24.4 Å². The van der Waals surface area contributed by atoms with Crippen molar-refractivity contribution in [3.63, 3.8) is 0 Å². The minimum atomic E-state index is -4.36. The second kappa shape index (κ2) is 6.05. The molecule has 0 aliphatic carbocycles. The van der Waals surface area contributed by atoms with Crippen LogP contribution in [-0.2, 0) is 11.0 Å². The molecule has 1 heterocycles. The topological polar surface area (TPSA) is 32.3 Å². The summed E-state index contributed by atoms with van der Waals surface area (Å²) in [6.07, 6.45) is -4.36. The summed E-state index contributed by atoms with van der Waals surface area (Å²) in [5, 5.41) is 2.60. The van der Waals surface area contributed by atoms with Crippen molar-refractivity contribution >= 4 is 17.7 Å². The predicted octanol–water partition coefficient (Wildman–Crippen LogP) is 2.50. The third-order valence-electron chi connectivity index (χ3n) is 3.07. The zero-order valence-electron chi connectivity index (χ0n) is 10.9. The van der Waals surface area contributed by atoms with E-state index in [1.54, 1.807) is 18.0 Å². The summed E-state index contributed by atoms with van der Waals surface area (Å²) < 4.78 is 38.2. The van der Waals surface area contributed by atoms with Gasteiger partial charge in [-0.05, 0) is 24.7 Å². The van der Waals surface area contributed by atoms with Crippen LogP contribution in [0.5, 0.6) is 0 Å². The summed E-state index contributed by atoms with van der Waals surface area (Å²) in [5.74, 6) is 0.276. The molecule has 1 aromatic carbocycles. The Morgan fingerprint density at radius 2 is 2.20 bits per heavy atom. The lowest BCUT2D eigenvalue weighted by atomic mass is 10.1. The van der Waals surface area contributed by atoms with Gasteiger partial charge in [-0.2, -0.15) is 13.2 Å². The van der Waals surface area contributed by atoms with Crippen LogP contribution >= 0.6 is 11.8 Å². The third-order valence-corrected chi connectivity index (χ3v) is 4.33. The van der Waals surface area contributed by atoms with E-state index in [1.807, 2.05) is 0 Å². The summed E-state index contributed by atoms with van der Waals surface area (Å²) in [4.78, 5) is 13.4. The van der Waals surface area contributed by atoms with Crippen LogP contribution < -0.4 is 5.32 Å². The number of nitrogens with one attached hydrogen (secondary N) is 1. The molecule has 1 atom stereocenters. The monoisotopic (exact) mass is 304 g/mol. The molecule has 0 bridgehead atoms. The Morgan fingerprint density at radius 3 is 2.85 bits per heavy atom. The summed E-state index contributed by atoms with van der Waals surface area (Å²) >= 11 is 1.36. The molecule has 7 heteroatoms. The normalized spacial score (nSPS) is 19.7. The Kier molecular flexibility index (Phi) is 4.59. The van der Waals surface area contributed by atoms with Gasteiger partial charge in [0.1, 0.15) is 5.37 Å². The van der Waals surface area contributed by atoms with Crippen molar-refractivity contribution < 1.29 is 18.0 Å². The van der Waals surface area contributed by atoms with Gasteiger partial charge >= 0.3 is 6.18 Å². The number of alkyl halides is 3. The molecule has 0 saturated carbocycles. The Labute approximate surface area is 119 Å². The van der Waals surface area contributed by atoms with E-state index >= 15 is 0 Å². The number of likely N-dealkylation sites (N-methyl/N-ethyl adjacent to an activating group) is 1. The average molecular weight is 304 g/mol. The fraction of sp³-hybridized carbons (Fsp3) is 0.462. The largest absolute Gasteiger partial charge is 0.416 e. The highest BCUT2D eigenvalue weighted by molar-refractivity contribution is 8.00. The Balaban J connectivity index is 2.24. The molecule has 1 aliphatic rings. The quantitative estimate of drug-likeness (QED) is 0.927. The number of nitrogens with zero attached hydrogens (tertiary/aromatic N) is 1. The number of rotatable bonds is 4. The fourth-order valence-corrected chi connectivity index (χ4v) is 3.28. The standard InChI is InChI=1S/C13H15F3N2OS/c1-17-5-6-18-11(19)8-20-12(18)9-3-2-4-10(7-9)13(14,15)16/h2-4,7,12,17H,5-6,8H2,1H3. The van der Waals surface area contributed by atoms with Gasteiger partial charge in [0.2, 0.25) is 5.91 Å². The summed E-state index contributed by atoms with van der Waals surface area (Å²) in [6.45, 7) is 1.10. The minimum Gasteiger partial charge on any atom is -0.325 e. The lowest BCUT2D eigenvalue weighted by molar-refractivity contribution is -0.137.